The largest absolute Gasteiger partial charge is 0.507 e. The number of fused-ring (bicyclic) bond motifs is 1. The van der Waals surface area contributed by atoms with Gasteiger partial charge in [-0.3, -0.25) is 4.98 Å². The van der Waals surface area contributed by atoms with Crippen LogP contribution < -0.4 is 10.4 Å². The van der Waals surface area contributed by atoms with E-state index in [1.807, 2.05) is 12.3 Å². The summed E-state index contributed by atoms with van der Waals surface area (Å²) in [5, 5.41) is 14.2. The molecule has 0 radical (unpaired) electrons. The van der Waals surface area contributed by atoms with Gasteiger partial charge in [0.05, 0.1) is 27.4 Å². The molecule has 5 rings (SSSR count). The number of phenolic OH excluding ortho intramolecular Hbond substituents is 1. The summed E-state index contributed by atoms with van der Waals surface area (Å²) in [5.41, 5.74) is 9.90. The van der Waals surface area contributed by atoms with Gasteiger partial charge in [-0.1, -0.05) is 109 Å². The van der Waals surface area contributed by atoms with Crippen LogP contribution in [0.25, 0.3) is 44.9 Å². The van der Waals surface area contributed by atoms with Crippen LogP contribution in [0.15, 0.2) is 65.2 Å². The minimum absolute atomic E-state index is 0.172. The molecule has 0 aliphatic heterocycles. The van der Waals surface area contributed by atoms with E-state index in [9.17, 15) is 5.11 Å². The number of aromatic nitrogens is 2. The Balaban J connectivity index is 1.79. The minimum Gasteiger partial charge on any atom is -0.507 e. The lowest BCUT2D eigenvalue weighted by Crippen LogP contribution is -2.37. The van der Waals surface area contributed by atoms with Crippen molar-refractivity contribution in [3.05, 3.63) is 77.5 Å². The average Bonchev–Trinajstić information content (AvgIpc) is 3.39. The fraction of sp³-hybridized carbons (Fsp3) is 0.385. The zero-order valence-electron chi connectivity index (χ0n) is 29.3. The molecule has 0 atom stereocenters. The molecule has 3 aromatic carbocycles. The molecule has 4 nitrogen and oxygen atoms in total. The van der Waals surface area contributed by atoms with Crippen LogP contribution >= 0.6 is 0 Å². The van der Waals surface area contributed by atoms with Gasteiger partial charge in [-0.2, -0.15) is 0 Å². The summed E-state index contributed by atoms with van der Waals surface area (Å²) in [6.07, 6.45) is 1.96. The highest BCUT2D eigenvalue weighted by Crippen LogP contribution is 2.41. The van der Waals surface area contributed by atoms with Crippen LogP contribution in [0.4, 0.5) is 0 Å². The first kappa shape index (κ1) is 32.9. The van der Waals surface area contributed by atoms with Gasteiger partial charge < -0.3 is 9.52 Å². The SMILES string of the molecule is CC(C)c1cc(-c2cc([Si](C)(C)C)ccn2)cc(-c2cc([Si](C)(C)C)cc3oc(-c4cc(C(C)C)cc(C(C)C)c4O)nc23)c1. The first-order chi connectivity index (χ1) is 20.9. The quantitative estimate of drug-likeness (QED) is 0.173. The smallest absolute Gasteiger partial charge is 0.231 e. The molecule has 0 aliphatic carbocycles. The molecule has 0 saturated heterocycles. The number of rotatable bonds is 8. The first-order valence-corrected chi connectivity index (χ1v) is 23.4. The maximum atomic E-state index is 11.5. The van der Waals surface area contributed by atoms with Gasteiger partial charge in [-0.15, -0.1) is 0 Å². The van der Waals surface area contributed by atoms with E-state index in [4.69, 9.17) is 14.4 Å². The Morgan fingerprint density at radius 1 is 0.644 bits per heavy atom. The molecule has 236 valence electrons. The van der Waals surface area contributed by atoms with E-state index in [1.165, 1.54) is 21.5 Å². The number of nitrogens with zero attached hydrogens (tertiary/aromatic N) is 2. The highest BCUT2D eigenvalue weighted by atomic mass is 28.3. The molecule has 0 amide bonds. The Bertz CT molecular complexity index is 1870. The number of hydrogen-bond acceptors (Lipinski definition) is 4. The Morgan fingerprint density at radius 2 is 1.27 bits per heavy atom. The third-order valence-electron chi connectivity index (χ3n) is 8.90. The summed E-state index contributed by atoms with van der Waals surface area (Å²) in [6.45, 7) is 27.3. The monoisotopic (exact) mass is 634 g/mol. The predicted octanol–water partition coefficient (Wildman–Crippen LogP) is 10.4. The second-order valence-corrected chi connectivity index (χ2v) is 25.8. The lowest BCUT2D eigenvalue weighted by molar-refractivity contribution is 0.463. The van der Waals surface area contributed by atoms with E-state index >= 15 is 0 Å². The average molecular weight is 635 g/mol. The van der Waals surface area contributed by atoms with E-state index in [-0.39, 0.29) is 11.7 Å². The van der Waals surface area contributed by atoms with Crippen molar-refractivity contribution in [1.82, 2.24) is 9.97 Å². The van der Waals surface area contributed by atoms with Gasteiger partial charge in [0.2, 0.25) is 5.89 Å². The van der Waals surface area contributed by atoms with Gasteiger partial charge in [0.25, 0.3) is 0 Å². The number of hydrogen-bond donors (Lipinski definition) is 1. The summed E-state index contributed by atoms with van der Waals surface area (Å²) in [6, 6.07) is 20.0. The molecule has 0 aliphatic rings. The summed E-state index contributed by atoms with van der Waals surface area (Å²) in [4.78, 5) is 9.99. The molecule has 0 unspecified atom stereocenters. The lowest BCUT2D eigenvalue weighted by Gasteiger charge is -2.19. The summed E-state index contributed by atoms with van der Waals surface area (Å²) < 4.78 is 6.59. The molecule has 1 N–H and O–H groups in total. The van der Waals surface area contributed by atoms with Crippen LogP contribution in [0.1, 0.15) is 76.0 Å². The molecule has 0 saturated carbocycles. The topological polar surface area (TPSA) is 59.2 Å². The third kappa shape index (κ3) is 6.73. The Morgan fingerprint density at radius 3 is 1.87 bits per heavy atom. The number of aromatic hydroxyl groups is 1. The molecule has 2 heterocycles. The molecule has 0 spiro atoms. The second kappa shape index (κ2) is 12.0. The standard InChI is InChI=1S/C39H50N2O2Si2/c1-23(2)26-15-28(17-29(16-26)35-21-30(13-14-40-35)44(7,8)9)33-20-31(45(10,11)12)22-36-37(33)41-39(43-36)34-19-27(24(3)4)18-32(25(5)6)38(34)42/h13-25,42H,1-12H3. The summed E-state index contributed by atoms with van der Waals surface area (Å²) in [7, 11) is -3.24. The third-order valence-corrected chi connectivity index (χ3v) is 13.0. The van der Waals surface area contributed by atoms with Crippen molar-refractivity contribution in [2.75, 3.05) is 0 Å². The van der Waals surface area contributed by atoms with Crippen LogP contribution in [0.5, 0.6) is 5.75 Å². The Hall–Kier alpha value is -3.49. The zero-order valence-corrected chi connectivity index (χ0v) is 31.3. The highest BCUT2D eigenvalue weighted by molar-refractivity contribution is 6.89. The number of pyridine rings is 1. The van der Waals surface area contributed by atoms with Crippen molar-refractivity contribution in [2.45, 2.75) is 98.6 Å². The minimum atomic E-state index is -1.73. The van der Waals surface area contributed by atoms with E-state index in [0.717, 1.165) is 39.0 Å². The van der Waals surface area contributed by atoms with Gasteiger partial charge in [0.1, 0.15) is 11.3 Å². The van der Waals surface area contributed by atoms with E-state index in [2.05, 4.69) is 129 Å². The zero-order chi connectivity index (χ0) is 33.0. The molecule has 45 heavy (non-hydrogen) atoms. The molecule has 2 aromatic heterocycles. The Labute approximate surface area is 272 Å². The molecule has 0 fully saturated rings. The number of oxazole rings is 1. The van der Waals surface area contributed by atoms with Gasteiger partial charge >= 0.3 is 0 Å². The van der Waals surface area contributed by atoms with Crippen LogP contribution in [0, 0.1) is 0 Å². The van der Waals surface area contributed by atoms with Crippen LogP contribution in [-0.2, 0) is 0 Å². The van der Waals surface area contributed by atoms with E-state index in [1.54, 1.807) is 0 Å². The maximum absolute atomic E-state index is 11.5. The summed E-state index contributed by atoms with van der Waals surface area (Å²) in [5.74, 6) is 1.55. The van der Waals surface area contributed by atoms with Crippen molar-refractivity contribution >= 4 is 37.6 Å². The second-order valence-electron chi connectivity index (χ2n) is 15.6. The van der Waals surface area contributed by atoms with Crippen LogP contribution in [-0.4, -0.2) is 31.2 Å². The molecular weight excluding hydrogens is 585 g/mol. The van der Waals surface area contributed by atoms with Crippen molar-refractivity contribution in [2.24, 2.45) is 0 Å². The normalized spacial score (nSPS) is 12.7. The van der Waals surface area contributed by atoms with Gasteiger partial charge in [0.15, 0.2) is 5.58 Å². The van der Waals surface area contributed by atoms with Gasteiger partial charge in [-0.25, -0.2) is 4.98 Å². The molecular formula is C39H50N2O2Si2. The maximum Gasteiger partial charge on any atom is 0.231 e. The fourth-order valence-electron chi connectivity index (χ4n) is 5.76. The predicted molar refractivity (Wildman–Crippen MR) is 198 cm³/mol. The van der Waals surface area contributed by atoms with Crippen LogP contribution in [0.2, 0.25) is 39.3 Å². The summed E-state index contributed by atoms with van der Waals surface area (Å²) >= 11 is 0. The number of benzene rings is 3. The van der Waals surface area contributed by atoms with Gasteiger partial charge in [0, 0.05) is 17.3 Å². The Kier molecular flexibility index (Phi) is 8.79. The van der Waals surface area contributed by atoms with Crippen LogP contribution in [0.3, 0.4) is 0 Å². The van der Waals surface area contributed by atoms with Gasteiger partial charge in [-0.05, 0) is 76.4 Å². The fourth-order valence-corrected chi connectivity index (χ4v) is 8.04. The van der Waals surface area contributed by atoms with Crippen molar-refractivity contribution in [3.63, 3.8) is 0 Å². The highest BCUT2D eigenvalue weighted by Gasteiger charge is 2.25. The van der Waals surface area contributed by atoms with Crippen molar-refractivity contribution < 1.29 is 9.52 Å². The van der Waals surface area contributed by atoms with Crippen molar-refractivity contribution in [3.8, 4) is 39.6 Å². The number of phenols is 1. The van der Waals surface area contributed by atoms with E-state index < -0.39 is 16.1 Å². The van der Waals surface area contributed by atoms with Crippen molar-refractivity contribution in [1.29, 1.82) is 0 Å². The molecule has 0 bridgehead atoms. The molecule has 5 aromatic rings. The van der Waals surface area contributed by atoms with E-state index in [0.29, 0.717) is 23.3 Å². The molecule has 6 heteroatoms. The lowest BCUT2D eigenvalue weighted by atomic mass is 9.92. The first-order valence-electron chi connectivity index (χ1n) is 16.4.